The summed E-state index contributed by atoms with van der Waals surface area (Å²) in [6, 6.07) is 6.90. The molecule has 0 radical (unpaired) electrons. The Morgan fingerprint density at radius 2 is 1.89 bits per heavy atom. The fraction of sp³-hybridized carbons (Fsp3) is 0.500. The maximum Gasteiger partial charge on any atom is 0.251 e. The van der Waals surface area contributed by atoms with Crippen LogP contribution in [0.1, 0.15) is 37.0 Å². The van der Waals surface area contributed by atoms with Crippen molar-refractivity contribution in [3.8, 4) is 0 Å². The summed E-state index contributed by atoms with van der Waals surface area (Å²) in [6.45, 7) is 5.05. The summed E-state index contributed by atoms with van der Waals surface area (Å²) >= 11 is 0. The highest BCUT2D eigenvalue weighted by atomic mass is 32.2. The number of rotatable bonds is 6. The molecule has 4 heteroatoms. The van der Waals surface area contributed by atoms with Gasteiger partial charge in [0.25, 0.3) is 5.91 Å². The third-order valence-electron chi connectivity index (χ3n) is 2.69. The predicted molar refractivity (Wildman–Crippen MR) is 75.2 cm³/mol. The molecule has 1 unspecified atom stereocenters. The number of benzene rings is 1. The Balaban J connectivity index is 2.44. The van der Waals surface area contributed by atoms with Crippen LogP contribution >= 0.6 is 0 Å². The van der Waals surface area contributed by atoms with E-state index in [9.17, 15) is 9.00 Å². The van der Waals surface area contributed by atoms with Gasteiger partial charge in [-0.05, 0) is 43.0 Å². The molecule has 1 aromatic rings. The lowest BCUT2D eigenvalue weighted by atomic mass is 10.1. The second kappa shape index (κ2) is 7.31. The number of amides is 1. The van der Waals surface area contributed by atoms with E-state index < -0.39 is 10.8 Å². The molecule has 0 fully saturated rings. The molecule has 1 amide bonds. The molecule has 1 rings (SSSR count). The monoisotopic (exact) mass is 267 g/mol. The molecular formula is C14H21NO2S. The van der Waals surface area contributed by atoms with Gasteiger partial charge in [0, 0.05) is 34.1 Å². The molecule has 0 bridgehead atoms. The number of nitrogens with one attached hydrogen (secondary N) is 1. The van der Waals surface area contributed by atoms with E-state index in [1.165, 1.54) is 0 Å². The smallest absolute Gasteiger partial charge is 0.251 e. The van der Waals surface area contributed by atoms with E-state index in [1.807, 2.05) is 0 Å². The van der Waals surface area contributed by atoms with Crippen LogP contribution in [-0.4, -0.2) is 22.9 Å². The molecule has 0 heterocycles. The number of carbonyl (C=O) groups is 1. The van der Waals surface area contributed by atoms with Crippen molar-refractivity contribution in [2.24, 2.45) is 5.92 Å². The van der Waals surface area contributed by atoms with Crippen LogP contribution in [0.25, 0.3) is 0 Å². The summed E-state index contributed by atoms with van der Waals surface area (Å²) in [6.07, 6.45) is 3.75. The molecule has 3 nitrogen and oxygen atoms in total. The van der Waals surface area contributed by atoms with E-state index in [1.54, 1.807) is 30.5 Å². The Morgan fingerprint density at radius 3 is 2.39 bits per heavy atom. The van der Waals surface area contributed by atoms with Gasteiger partial charge in [0.2, 0.25) is 0 Å². The molecule has 1 atom stereocenters. The highest BCUT2D eigenvalue weighted by Crippen LogP contribution is 2.08. The molecule has 0 saturated carbocycles. The summed E-state index contributed by atoms with van der Waals surface area (Å²) in [4.78, 5) is 12.5. The summed E-state index contributed by atoms with van der Waals surface area (Å²) in [5.41, 5.74) is 0.619. The van der Waals surface area contributed by atoms with Crippen LogP contribution in [-0.2, 0) is 10.8 Å². The topological polar surface area (TPSA) is 46.2 Å². The maximum atomic E-state index is 11.8. The molecule has 0 aliphatic rings. The molecule has 100 valence electrons. The standard InChI is InChI=1S/C14H21NO2S/c1-11(2)5-4-10-15-14(16)12-6-8-13(9-7-12)18(3)17/h6-9,11H,4-5,10H2,1-3H3,(H,15,16). The van der Waals surface area contributed by atoms with Crippen molar-refractivity contribution >= 4 is 16.7 Å². The molecule has 0 spiro atoms. The zero-order valence-electron chi connectivity index (χ0n) is 11.2. The van der Waals surface area contributed by atoms with Gasteiger partial charge in [0.1, 0.15) is 0 Å². The van der Waals surface area contributed by atoms with E-state index in [2.05, 4.69) is 19.2 Å². The molecule has 0 saturated heterocycles. The Labute approximate surface area is 111 Å². The molecule has 0 aliphatic carbocycles. The van der Waals surface area contributed by atoms with Crippen LogP contribution in [0.5, 0.6) is 0 Å². The van der Waals surface area contributed by atoms with Gasteiger partial charge >= 0.3 is 0 Å². The minimum absolute atomic E-state index is 0.0628. The first-order valence-corrected chi connectivity index (χ1v) is 7.78. The van der Waals surface area contributed by atoms with Gasteiger partial charge in [-0.1, -0.05) is 13.8 Å². The molecule has 1 aromatic carbocycles. The molecule has 0 aromatic heterocycles. The second-order valence-corrected chi connectivity index (χ2v) is 6.15. The number of carbonyl (C=O) groups excluding carboxylic acids is 1. The van der Waals surface area contributed by atoms with Gasteiger partial charge in [-0.25, -0.2) is 0 Å². The minimum atomic E-state index is -0.994. The van der Waals surface area contributed by atoms with Crippen molar-refractivity contribution in [2.75, 3.05) is 12.8 Å². The van der Waals surface area contributed by atoms with Crippen molar-refractivity contribution in [3.63, 3.8) is 0 Å². The lowest BCUT2D eigenvalue weighted by Gasteiger charge is -2.07. The van der Waals surface area contributed by atoms with Crippen LogP contribution in [0.4, 0.5) is 0 Å². The van der Waals surface area contributed by atoms with Gasteiger partial charge in [0.05, 0.1) is 0 Å². The maximum absolute atomic E-state index is 11.8. The molecule has 18 heavy (non-hydrogen) atoms. The van der Waals surface area contributed by atoms with Crippen molar-refractivity contribution in [1.82, 2.24) is 5.32 Å². The van der Waals surface area contributed by atoms with Crippen LogP contribution in [0, 0.1) is 5.92 Å². The summed E-state index contributed by atoms with van der Waals surface area (Å²) < 4.78 is 11.2. The lowest BCUT2D eigenvalue weighted by molar-refractivity contribution is 0.0952. The average Bonchev–Trinajstić information content (AvgIpc) is 2.34. The van der Waals surface area contributed by atoms with Crippen molar-refractivity contribution < 1.29 is 9.00 Å². The highest BCUT2D eigenvalue weighted by Gasteiger charge is 2.05. The van der Waals surface area contributed by atoms with Crippen LogP contribution in [0.15, 0.2) is 29.2 Å². The van der Waals surface area contributed by atoms with Crippen LogP contribution < -0.4 is 5.32 Å². The number of hydrogen-bond donors (Lipinski definition) is 1. The quantitative estimate of drug-likeness (QED) is 0.805. The summed E-state index contributed by atoms with van der Waals surface area (Å²) in [7, 11) is -0.994. The SMILES string of the molecule is CC(C)CCCNC(=O)c1ccc(S(C)=O)cc1. The second-order valence-electron chi connectivity index (χ2n) is 4.77. The van der Waals surface area contributed by atoms with Gasteiger partial charge in [-0.2, -0.15) is 0 Å². The lowest BCUT2D eigenvalue weighted by Crippen LogP contribution is -2.24. The third-order valence-corrected chi connectivity index (χ3v) is 3.63. The first-order valence-electron chi connectivity index (χ1n) is 6.22. The Kier molecular flexibility index (Phi) is 6.05. The fourth-order valence-corrected chi connectivity index (χ4v) is 2.13. The van der Waals surface area contributed by atoms with Crippen molar-refractivity contribution in [3.05, 3.63) is 29.8 Å². The van der Waals surface area contributed by atoms with E-state index in [4.69, 9.17) is 0 Å². The summed E-state index contributed by atoms with van der Waals surface area (Å²) in [5, 5.41) is 2.89. The van der Waals surface area contributed by atoms with Gasteiger partial charge in [-0.3, -0.25) is 9.00 Å². The third kappa shape index (κ3) is 5.00. The van der Waals surface area contributed by atoms with Crippen molar-refractivity contribution in [1.29, 1.82) is 0 Å². The van der Waals surface area contributed by atoms with Gasteiger partial charge < -0.3 is 5.32 Å². The number of hydrogen-bond acceptors (Lipinski definition) is 2. The minimum Gasteiger partial charge on any atom is -0.352 e. The average molecular weight is 267 g/mol. The van der Waals surface area contributed by atoms with E-state index in [-0.39, 0.29) is 5.91 Å². The first kappa shape index (κ1) is 14.9. The Morgan fingerprint density at radius 1 is 1.28 bits per heavy atom. The predicted octanol–water partition coefficient (Wildman–Crippen LogP) is 2.59. The Hall–Kier alpha value is -1.16. The highest BCUT2D eigenvalue weighted by molar-refractivity contribution is 7.84. The first-order chi connectivity index (χ1) is 8.50. The molecule has 1 N–H and O–H groups in total. The van der Waals surface area contributed by atoms with Gasteiger partial charge in [0.15, 0.2) is 0 Å². The van der Waals surface area contributed by atoms with Gasteiger partial charge in [-0.15, -0.1) is 0 Å². The zero-order valence-corrected chi connectivity index (χ0v) is 12.0. The molecular weight excluding hydrogens is 246 g/mol. The largest absolute Gasteiger partial charge is 0.352 e. The Bertz CT molecular complexity index is 412. The van der Waals surface area contributed by atoms with Crippen LogP contribution in [0.3, 0.4) is 0 Å². The van der Waals surface area contributed by atoms with E-state index in [0.717, 1.165) is 17.7 Å². The fourth-order valence-electron chi connectivity index (χ4n) is 1.61. The van der Waals surface area contributed by atoms with Crippen LogP contribution in [0.2, 0.25) is 0 Å². The zero-order chi connectivity index (χ0) is 13.5. The van der Waals surface area contributed by atoms with Crippen molar-refractivity contribution in [2.45, 2.75) is 31.6 Å². The van der Waals surface area contributed by atoms with E-state index in [0.29, 0.717) is 18.0 Å². The molecule has 0 aliphatic heterocycles. The summed E-state index contributed by atoms with van der Waals surface area (Å²) in [5.74, 6) is 0.605. The van der Waals surface area contributed by atoms with E-state index >= 15 is 0 Å². The normalized spacial score (nSPS) is 12.4.